The highest BCUT2D eigenvalue weighted by molar-refractivity contribution is 9.10. The largest absolute Gasteiger partial charge is 0.455 e. The summed E-state index contributed by atoms with van der Waals surface area (Å²) < 4.78 is 34.8. The first-order valence-corrected chi connectivity index (χ1v) is 13.1. The summed E-state index contributed by atoms with van der Waals surface area (Å²) in [6, 6.07) is 31.6. The molecule has 0 atom stereocenters. The average Bonchev–Trinajstić information content (AvgIpc) is 2.87. The molecule has 8 heteroatoms. The minimum absolute atomic E-state index is 0.0418. The second-order valence-electron chi connectivity index (χ2n) is 7.67. The summed E-state index contributed by atoms with van der Waals surface area (Å²) in [5, 5.41) is 2.80. The smallest absolute Gasteiger partial charge is 0.243 e. The average molecular weight is 551 g/mol. The number of sulfonamides is 1. The summed E-state index contributed by atoms with van der Waals surface area (Å²) in [4.78, 5) is 13.2. The molecule has 178 valence electrons. The SMILES string of the molecule is O=C(CN(Cc1ccc(Br)cc1)S(=O)(=O)c1ccccc1)Nc1ccccc1Oc1ccccc1. The molecule has 0 radical (unpaired) electrons. The van der Waals surface area contributed by atoms with E-state index in [1.54, 1.807) is 42.5 Å². The predicted octanol–water partition coefficient (Wildman–Crippen LogP) is 6.07. The monoisotopic (exact) mass is 550 g/mol. The van der Waals surface area contributed by atoms with Crippen LogP contribution in [-0.4, -0.2) is 25.2 Å². The van der Waals surface area contributed by atoms with Gasteiger partial charge in [0, 0.05) is 11.0 Å². The zero-order valence-electron chi connectivity index (χ0n) is 18.7. The number of halogens is 1. The maximum Gasteiger partial charge on any atom is 0.243 e. The fourth-order valence-electron chi connectivity index (χ4n) is 3.39. The number of ether oxygens (including phenoxy) is 1. The summed E-state index contributed by atoms with van der Waals surface area (Å²) in [6.07, 6.45) is 0. The van der Waals surface area contributed by atoms with Gasteiger partial charge in [-0.15, -0.1) is 0 Å². The number of para-hydroxylation sites is 3. The molecule has 0 aliphatic heterocycles. The number of rotatable bonds is 9. The van der Waals surface area contributed by atoms with Crippen molar-refractivity contribution in [1.82, 2.24) is 4.31 Å². The van der Waals surface area contributed by atoms with Crippen molar-refractivity contribution >= 4 is 37.5 Å². The molecule has 4 rings (SSSR count). The molecule has 0 fully saturated rings. The van der Waals surface area contributed by atoms with Crippen LogP contribution < -0.4 is 10.1 Å². The molecule has 0 aliphatic rings. The normalized spacial score (nSPS) is 11.3. The number of hydrogen-bond donors (Lipinski definition) is 1. The van der Waals surface area contributed by atoms with Crippen LogP contribution in [0, 0.1) is 0 Å². The van der Waals surface area contributed by atoms with Gasteiger partial charge in [0.1, 0.15) is 5.75 Å². The van der Waals surface area contributed by atoms with E-state index in [1.807, 2.05) is 54.6 Å². The van der Waals surface area contributed by atoms with Gasteiger partial charge in [0.25, 0.3) is 0 Å². The fraction of sp³-hybridized carbons (Fsp3) is 0.0741. The topological polar surface area (TPSA) is 75.7 Å². The molecule has 4 aromatic rings. The highest BCUT2D eigenvalue weighted by Gasteiger charge is 2.27. The lowest BCUT2D eigenvalue weighted by Crippen LogP contribution is -2.37. The molecular weight excluding hydrogens is 528 g/mol. The van der Waals surface area contributed by atoms with Gasteiger partial charge in [-0.25, -0.2) is 8.42 Å². The Balaban J connectivity index is 1.56. The van der Waals surface area contributed by atoms with Crippen LogP contribution in [0.3, 0.4) is 0 Å². The van der Waals surface area contributed by atoms with Crippen LogP contribution in [0.5, 0.6) is 11.5 Å². The quantitative estimate of drug-likeness (QED) is 0.274. The summed E-state index contributed by atoms with van der Waals surface area (Å²) in [7, 11) is -3.93. The maximum atomic E-state index is 13.4. The molecule has 0 aromatic heterocycles. The van der Waals surface area contributed by atoms with E-state index < -0.39 is 15.9 Å². The van der Waals surface area contributed by atoms with E-state index in [0.29, 0.717) is 17.2 Å². The number of nitrogens with one attached hydrogen (secondary N) is 1. The third-order valence-corrected chi connectivity index (χ3v) is 7.44. The molecular formula is C27H23BrN2O4S. The Morgan fingerprint density at radius 2 is 1.40 bits per heavy atom. The van der Waals surface area contributed by atoms with Gasteiger partial charge in [0.2, 0.25) is 15.9 Å². The van der Waals surface area contributed by atoms with E-state index >= 15 is 0 Å². The van der Waals surface area contributed by atoms with E-state index in [-0.39, 0.29) is 18.0 Å². The van der Waals surface area contributed by atoms with Crippen LogP contribution in [0.15, 0.2) is 119 Å². The number of hydrogen-bond acceptors (Lipinski definition) is 4. The van der Waals surface area contributed by atoms with E-state index in [4.69, 9.17) is 4.74 Å². The number of amides is 1. The zero-order valence-corrected chi connectivity index (χ0v) is 21.1. The lowest BCUT2D eigenvalue weighted by Gasteiger charge is -2.22. The number of anilines is 1. The molecule has 0 unspecified atom stereocenters. The third-order valence-electron chi connectivity index (χ3n) is 5.11. The van der Waals surface area contributed by atoms with Crippen LogP contribution in [0.25, 0.3) is 0 Å². The summed E-state index contributed by atoms with van der Waals surface area (Å²) in [6.45, 7) is -0.326. The summed E-state index contributed by atoms with van der Waals surface area (Å²) in [5.74, 6) is 0.598. The maximum absolute atomic E-state index is 13.4. The first-order valence-electron chi connectivity index (χ1n) is 10.8. The molecule has 1 N–H and O–H groups in total. The van der Waals surface area contributed by atoms with Crippen molar-refractivity contribution in [2.24, 2.45) is 0 Å². The third kappa shape index (κ3) is 6.57. The van der Waals surface area contributed by atoms with Crippen molar-refractivity contribution in [3.05, 3.63) is 119 Å². The Bertz CT molecular complexity index is 1380. The van der Waals surface area contributed by atoms with Crippen molar-refractivity contribution in [1.29, 1.82) is 0 Å². The molecule has 0 heterocycles. The van der Waals surface area contributed by atoms with Crippen LogP contribution in [-0.2, 0) is 21.4 Å². The molecule has 4 aromatic carbocycles. The van der Waals surface area contributed by atoms with Crippen molar-refractivity contribution in [2.45, 2.75) is 11.4 Å². The molecule has 35 heavy (non-hydrogen) atoms. The summed E-state index contributed by atoms with van der Waals surface area (Å²) >= 11 is 3.39. The fourth-order valence-corrected chi connectivity index (χ4v) is 5.05. The van der Waals surface area contributed by atoms with Crippen molar-refractivity contribution in [3.63, 3.8) is 0 Å². The van der Waals surface area contributed by atoms with Gasteiger partial charge in [0.05, 0.1) is 17.1 Å². The van der Waals surface area contributed by atoms with E-state index in [0.717, 1.165) is 10.0 Å². The highest BCUT2D eigenvalue weighted by Crippen LogP contribution is 2.29. The van der Waals surface area contributed by atoms with Crippen LogP contribution in [0.4, 0.5) is 5.69 Å². The van der Waals surface area contributed by atoms with Gasteiger partial charge in [0.15, 0.2) is 5.75 Å². The minimum Gasteiger partial charge on any atom is -0.455 e. The zero-order chi connectivity index (χ0) is 24.7. The Hall–Kier alpha value is -3.46. The standard InChI is InChI=1S/C27H23BrN2O4S/c28-22-17-15-21(16-18-22)19-30(35(32,33)24-11-5-2-6-12-24)20-27(31)29-25-13-7-8-14-26(25)34-23-9-3-1-4-10-23/h1-18H,19-20H2,(H,29,31). The molecule has 0 spiro atoms. The lowest BCUT2D eigenvalue weighted by molar-refractivity contribution is -0.116. The number of nitrogens with zero attached hydrogens (tertiary/aromatic N) is 1. The van der Waals surface area contributed by atoms with Crippen LogP contribution in [0.1, 0.15) is 5.56 Å². The first-order chi connectivity index (χ1) is 16.9. The van der Waals surface area contributed by atoms with Crippen molar-refractivity contribution in [3.8, 4) is 11.5 Å². The van der Waals surface area contributed by atoms with Crippen molar-refractivity contribution < 1.29 is 17.9 Å². The van der Waals surface area contributed by atoms with Crippen LogP contribution in [0.2, 0.25) is 0 Å². The molecule has 6 nitrogen and oxygen atoms in total. The lowest BCUT2D eigenvalue weighted by atomic mass is 10.2. The molecule has 0 bridgehead atoms. The van der Waals surface area contributed by atoms with Crippen LogP contribution >= 0.6 is 15.9 Å². The highest BCUT2D eigenvalue weighted by atomic mass is 79.9. The summed E-state index contributed by atoms with van der Waals surface area (Å²) in [5.41, 5.74) is 1.20. The van der Waals surface area contributed by atoms with E-state index in [1.165, 1.54) is 16.4 Å². The second kappa shape index (κ2) is 11.3. The van der Waals surface area contributed by atoms with Gasteiger partial charge in [-0.1, -0.05) is 76.6 Å². The van der Waals surface area contributed by atoms with E-state index in [9.17, 15) is 13.2 Å². The molecule has 0 saturated carbocycles. The van der Waals surface area contributed by atoms with Gasteiger partial charge >= 0.3 is 0 Å². The predicted molar refractivity (Wildman–Crippen MR) is 140 cm³/mol. The Morgan fingerprint density at radius 1 is 0.800 bits per heavy atom. The molecule has 0 saturated heterocycles. The second-order valence-corrected chi connectivity index (χ2v) is 10.5. The Kier molecular flexibility index (Phi) is 7.97. The Labute approximate surface area is 213 Å². The van der Waals surface area contributed by atoms with Gasteiger partial charge < -0.3 is 10.1 Å². The van der Waals surface area contributed by atoms with Gasteiger partial charge in [-0.05, 0) is 54.1 Å². The number of carbonyl (C=O) groups excluding carboxylic acids is 1. The number of benzene rings is 4. The Morgan fingerprint density at radius 3 is 2.09 bits per heavy atom. The van der Waals surface area contributed by atoms with Gasteiger partial charge in [-0.2, -0.15) is 4.31 Å². The first kappa shape index (κ1) is 24.7. The molecule has 1 amide bonds. The van der Waals surface area contributed by atoms with E-state index in [2.05, 4.69) is 21.2 Å². The van der Waals surface area contributed by atoms with Crippen molar-refractivity contribution in [2.75, 3.05) is 11.9 Å². The minimum atomic E-state index is -3.93. The number of carbonyl (C=O) groups is 1. The molecule has 0 aliphatic carbocycles. The van der Waals surface area contributed by atoms with Gasteiger partial charge in [-0.3, -0.25) is 4.79 Å².